The molecule has 0 unspecified atom stereocenters. The number of aromatic nitrogens is 4. The van der Waals surface area contributed by atoms with Crippen molar-refractivity contribution in [3.05, 3.63) is 83.3 Å². The van der Waals surface area contributed by atoms with E-state index in [-0.39, 0.29) is 5.91 Å². The van der Waals surface area contributed by atoms with Crippen molar-refractivity contribution in [3.63, 3.8) is 0 Å². The Morgan fingerprint density at radius 2 is 1.57 bits per heavy atom. The van der Waals surface area contributed by atoms with Gasteiger partial charge in [0.15, 0.2) is 0 Å². The summed E-state index contributed by atoms with van der Waals surface area (Å²) in [5, 5.41) is 4.54. The lowest BCUT2D eigenvalue weighted by Crippen LogP contribution is -2.52. The van der Waals surface area contributed by atoms with Crippen LogP contribution in [-0.2, 0) is 24.4 Å². The number of imidazole rings is 1. The third-order valence-corrected chi connectivity index (χ3v) is 9.98. The fourth-order valence-electron chi connectivity index (χ4n) is 7.51. The molecule has 0 aliphatic heterocycles. The van der Waals surface area contributed by atoms with Crippen molar-refractivity contribution >= 4 is 39.8 Å². The second-order valence-corrected chi connectivity index (χ2v) is 14.4. The van der Waals surface area contributed by atoms with Crippen molar-refractivity contribution in [2.24, 2.45) is 14.1 Å². The van der Waals surface area contributed by atoms with Gasteiger partial charge in [-0.05, 0) is 107 Å². The highest BCUT2D eigenvalue weighted by molar-refractivity contribution is 6.01. The number of benzene rings is 2. The Kier molecular flexibility index (Phi) is 8.16. The fraction of sp³-hybridized carbons (Fsp3) is 0.395. The van der Waals surface area contributed by atoms with Gasteiger partial charge >= 0.3 is 6.09 Å². The number of ether oxygens (including phenoxy) is 1. The Balaban J connectivity index is 1.16. The standard InChI is InChI=1S/C38H43N7O4/c1-37(2,3)49-36(48)43-42-34(47)25-15-17-27-30(22-25)45(5)35(40-27)38(18-10-19-38)41-33(46)24-14-16-26-29(21-24)44(4)32(28-13-8-9-20-39-28)31(26)23-11-6-7-12-23/h8-9,13-17,20-23H,6-7,10-12,18-19H2,1-5H3,(H,41,46)(H,42,47)(H,43,48). The highest BCUT2D eigenvalue weighted by atomic mass is 16.6. The summed E-state index contributed by atoms with van der Waals surface area (Å²) in [5.74, 6) is 0.585. The third kappa shape index (κ3) is 6.02. The number of hydrogen-bond donors (Lipinski definition) is 3. The van der Waals surface area contributed by atoms with E-state index in [2.05, 4.69) is 39.9 Å². The van der Waals surface area contributed by atoms with Crippen LogP contribution >= 0.6 is 0 Å². The van der Waals surface area contributed by atoms with Crippen LogP contribution < -0.4 is 16.2 Å². The van der Waals surface area contributed by atoms with Gasteiger partial charge in [0.05, 0.1) is 28.0 Å². The molecular formula is C38H43N7O4. The predicted molar refractivity (Wildman–Crippen MR) is 188 cm³/mol. The van der Waals surface area contributed by atoms with E-state index in [1.165, 1.54) is 23.8 Å². The maximum atomic E-state index is 14.0. The minimum Gasteiger partial charge on any atom is -0.443 e. The van der Waals surface area contributed by atoms with Gasteiger partial charge in [-0.3, -0.25) is 20.0 Å². The van der Waals surface area contributed by atoms with Crippen LogP contribution in [0.2, 0.25) is 0 Å². The summed E-state index contributed by atoms with van der Waals surface area (Å²) in [6.07, 6.45) is 8.34. The van der Waals surface area contributed by atoms with Crippen molar-refractivity contribution in [2.75, 3.05) is 0 Å². The lowest BCUT2D eigenvalue weighted by Gasteiger charge is -2.41. The molecule has 0 atom stereocenters. The number of pyridine rings is 1. The van der Waals surface area contributed by atoms with Gasteiger partial charge in [-0.2, -0.15) is 0 Å². The molecule has 11 nitrogen and oxygen atoms in total. The average molecular weight is 662 g/mol. The molecule has 49 heavy (non-hydrogen) atoms. The first-order chi connectivity index (χ1) is 23.4. The van der Waals surface area contributed by atoms with E-state index in [0.29, 0.717) is 22.6 Å². The van der Waals surface area contributed by atoms with E-state index in [1.807, 2.05) is 42.1 Å². The summed E-state index contributed by atoms with van der Waals surface area (Å²) in [5.41, 5.74) is 10.2. The zero-order chi connectivity index (χ0) is 34.5. The first-order valence-electron chi connectivity index (χ1n) is 17.1. The van der Waals surface area contributed by atoms with Crippen LogP contribution in [0.1, 0.15) is 104 Å². The molecule has 3 aromatic heterocycles. The number of rotatable bonds is 6. The highest BCUT2D eigenvalue weighted by Gasteiger charge is 2.44. The summed E-state index contributed by atoms with van der Waals surface area (Å²) in [7, 11) is 3.97. The van der Waals surface area contributed by atoms with Gasteiger partial charge in [-0.15, -0.1) is 0 Å². The molecular weight excluding hydrogens is 618 g/mol. The number of carbonyl (C=O) groups excluding carboxylic acids is 3. The van der Waals surface area contributed by atoms with Gasteiger partial charge in [0.2, 0.25) is 0 Å². The molecule has 2 aliphatic rings. The van der Waals surface area contributed by atoms with Crippen molar-refractivity contribution < 1.29 is 19.1 Å². The molecule has 5 aromatic rings. The molecule has 2 fully saturated rings. The number of nitrogens with zero attached hydrogens (tertiary/aromatic N) is 4. The second-order valence-electron chi connectivity index (χ2n) is 14.4. The van der Waals surface area contributed by atoms with Crippen LogP contribution in [0.15, 0.2) is 60.8 Å². The van der Waals surface area contributed by atoms with Crippen LogP contribution in [-0.4, -0.2) is 42.6 Å². The van der Waals surface area contributed by atoms with Gasteiger partial charge in [-0.25, -0.2) is 15.2 Å². The molecule has 11 heteroatoms. The molecule has 7 rings (SSSR count). The lowest BCUT2D eigenvalue weighted by atomic mass is 9.75. The van der Waals surface area contributed by atoms with Crippen molar-refractivity contribution in [1.82, 2.24) is 35.3 Å². The van der Waals surface area contributed by atoms with Crippen LogP contribution in [0.4, 0.5) is 4.79 Å². The zero-order valence-corrected chi connectivity index (χ0v) is 28.7. The highest BCUT2D eigenvalue weighted by Crippen LogP contribution is 2.45. The summed E-state index contributed by atoms with van der Waals surface area (Å²) < 4.78 is 9.33. The van der Waals surface area contributed by atoms with Crippen LogP contribution in [0.25, 0.3) is 33.3 Å². The van der Waals surface area contributed by atoms with E-state index >= 15 is 0 Å². The summed E-state index contributed by atoms with van der Waals surface area (Å²) in [4.78, 5) is 48.5. The quantitative estimate of drug-likeness (QED) is 0.172. The van der Waals surface area contributed by atoms with Crippen molar-refractivity contribution in [2.45, 2.75) is 82.8 Å². The van der Waals surface area contributed by atoms with E-state index in [0.717, 1.165) is 60.3 Å². The largest absolute Gasteiger partial charge is 0.443 e. The second kappa shape index (κ2) is 12.4. The van der Waals surface area contributed by atoms with E-state index in [1.54, 1.807) is 39.0 Å². The van der Waals surface area contributed by atoms with Crippen LogP contribution in [0.3, 0.4) is 0 Å². The van der Waals surface area contributed by atoms with Gasteiger partial charge in [-0.1, -0.05) is 25.0 Å². The molecule has 3 heterocycles. The van der Waals surface area contributed by atoms with Gasteiger partial charge in [0.1, 0.15) is 11.4 Å². The molecule has 3 amide bonds. The minimum absolute atomic E-state index is 0.148. The van der Waals surface area contributed by atoms with Crippen LogP contribution in [0.5, 0.6) is 0 Å². The first kappa shape index (κ1) is 32.4. The molecule has 0 radical (unpaired) electrons. The van der Waals surface area contributed by atoms with Gasteiger partial charge in [0.25, 0.3) is 11.8 Å². The van der Waals surface area contributed by atoms with E-state index in [4.69, 9.17) is 14.7 Å². The number of carbonyl (C=O) groups is 3. The average Bonchev–Trinajstić information content (AvgIpc) is 3.78. The van der Waals surface area contributed by atoms with Gasteiger partial charge < -0.3 is 19.2 Å². The number of fused-ring (bicyclic) bond motifs is 2. The normalized spacial score (nSPS) is 16.0. The Bertz CT molecular complexity index is 2080. The minimum atomic E-state index is -0.749. The Morgan fingerprint density at radius 3 is 2.24 bits per heavy atom. The molecule has 3 N–H and O–H groups in total. The maximum Gasteiger partial charge on any atom is 0.426 e. The number of aryl methyl sites for hydroxylation is 2. The van der Waals surface area contributed by atoms with E-state index < -0.39 is 23.1 Å². The maximum absolute atomic E-state index is 14.0. The number of hydrazine groups is 1. The zero-order valence-electron chi connectivity index (χ0n) is 28.7. The fourth-order valence-corrected chi connectivity index (χ4v) is 7.51. The van der Waals surface area contributed by atoms with Crippen molar-refractivity contribution in [1.29, 1.82) is 0 Å². The smallest absolute Gasteiger partial charge is 0.426 e. The lowest BCUT2D eigenvalue weighted by molar-refractivity contribution is 0.0483. The molecule has 2 aromatic carbocycles. The Hall–Kier alpha value is -5.19. The van der Waals surface area contributed by atoms with E-state index in [9.17, 15) is 14.4 Å². The molecule has 254 valence electrons. The number of hydrogen-bond acceptors (Lipinski definition) is 6. The predicted octanol–water partition coefficient (Wildman–Crippen LogP) is 6.76. The molecule has 2 saturated carbocycles. The van der Waals surface area contributed by atoms with Crippen LogP contribution in [0, 0.1) is 0 Å². The summed E-state index contributed by atoms with van der Waals surface area (Å²) in [6, 6.07) is 17.2. The summed E-state index contributed by atoms with van der Waals surface area (Å²) >= 11 is 0. The topological polar surface area (TPSA) is 132 Å². The Morgan fingerprint density at radius 1 is 0.857 bits per heavy atom. The SMILES string of the molecule is Cn1c(C2(NC(=O)c3ccc4c(C5CCCC5)c(-c5ccccn5)n(C)c4c3)CCC2)nc2ccc(C(=O)NNC(=O)OC(C)(C)C)cc21. The number of amides is 3. The van der Waals surface area contributed by atoms with Gasteiger partial charge in [0, 0.05) is 42.3 Å². The molecule has 0 spiro atoms. The third-order valence-electron chi connectivity index (χ3n) is 9.98. The monoisotopic (exact) mass is 661 g/mol. The summed E-state index contributed by atoms with van der Waals surface area (Å²) in [6.45, 7) is 5.23. The Labute approximate surface area is 285 Å². The van der Waals surface area contributed by atoms with Crippen molar-refractivity contribution in [3.8, 4) is 11.4 Å². The molecule has 0 bridgehead atoms. The number of nitrogens with one attached hydrogen (secondary N) is 3. The molecule has 0 saturated heterocycles. The first-order valence-corrected chi connectivity index (χ1v) is 17.1. The molecule has 2 aliphatic carbocycles.